The summed E-state index contributed by atoms with van der Waals surface area (Å²) in [7, 11) is 0. The van der Waals surface area contributed by atoms with Gasteiger partial charge in [-0.15, -0.1) is 4.91 Å². The summed E-state index contributed by atoms with van der Waals surface area (Å²) >= 11 is 0. The van der Waals surface area contributed by atoms with E-state index >= 15 is 0 Å². The number of nitroso groups, excluding NO2 is 1. The molecule has 15 heteroatoms. The third kappa shape index (κ3) is 13.6. The van der Waals surface area contributed by atoms with Crippen molar-refractivity contribution < 1.29 is 59.0 Å². The van der Waals surface area contributed by atoms with E-state index in [4.69, 9.17) is 9.47 Å². The van der Waals surface area contributed by atoms with Crippen LogP contribution in [0.25, 0.3) is 0 Å². The number of cyclic esters (lactones) is 1. The normalized spacial score (nSPS) is 41.2. The Labute approximate surface area is 372 Å². The minimum atomic E-state index is -2.51. The lowest BCUT2D eigenvalue weighted by atomic mass is 9.78. The molecule has 3 aliphatic heterocycles. The zero-order valence-corrected chi connectivity index (χ0v) is 38.1. The number of ether oxygens (including phenoxy) is 2. The Morgan fingerprint density at radius 2 is 1.57 bits per heavy atom. The van der Waals surface area contributed by atoms with Crippen LogP contribution in [0.5, 0.6) is 0 Å². The number of nitrogens with zero attached hydrogens (tertiary/aromatic N) is 2. The van der Waals surface area contributed by atoms with Crippen LogP contribution in [0.3, 0.4) is 0 Å². The Morgan fingerprint density at radius 3 is 2.25 bits per heavy atom. The number of allylic oxidation sites excluding steroid dienone is 6. The molecular formula is C48H72N2O13. The third-order valence-electron chi connectivity index (χ3n) is 13.8. The van der Waals surface area contributed by atoms with E-state index in [1.54, 1.807) is 52.0 Å². The van der Waals surface area contributed by atoms with Gasteiger partial charge in [-0.3, -0.25) is 19.2 Å². The molecule has 0 unspecified atom stereocenters. The summed E-state index contributed by atoms with van der Waals surface area (Å²) in [5, 5.41) is 57.6. The number of ketones is 3. The lowest BCUT2D eigenvalue weighted by Gasteiger charge is -2.42. The summed E-state index contributed by atoms with van der Waals surface area (Å²) < 4.78 is 12.1. The van der Waals surface area contributed by atoms with Crippen LogP contribution < -0.4 is 0 Å². The second kappa shape index (κ2) is 23.5. The van der Waals surface area contributed by atoms with E-state index in [2.05, 4.69) is 5.18 Å². The molecule has 2 bridgehead atoms. The lowest BCUT2D eigenvalue weighted by molar-refractivity contribution is -0.265. The first-order valence-corrected chi connectivity index (χ1v) is 22.9. The van der Waals surface area contributed by atoms with Crippen LogP contribution in [-0.4, -0.2) is 121 Å². The molecule has 1 saturated carbocycles. The molecule has 15 nitrogen and oxygen atoms in total. The topological polar surface area (TPSA) is 238 Å². The molecule has 352 valence electrons. The number of rotatable bonds is 4. The van der Waals surface area contributed by atoms with Crippen molar-refractivity contribution in [2.75, 3.05) is 6.54 Å². The van der Waals surface area contributed by atoms with E-state index in [9.17, 15) is 54.4 Å². The van der Waals surface area contributed by atoms with Crippen LogP contribution in [0.4, 0.5) is 0 Å². The van der Waals surface area contributed by atoms with Crippen molar-refractivity contribution in [3.05, 3.63) is 52.5 Å². The molecule has 0 aromatic carbocycles. The first kappa shape index (κ1) is 51.9. The number of hydrogen-bond donors (Lipinski definition) is 5. The van der Waals surface area contributed by atoms with Gasteiger partial charge in [0.25, 0.3) is 11.7 Å². The van der Waals surface area contributed by atoms with Crippen molar-refractivity contribution in [2.45, 2.75) is 180 Å². The van der Waals surface area contributed by atoms with E-state index in [1.807, 2.05) is 19.9 Å². The zero-order valence-electron chi connectivity index (χ0n) is 38.1. The maximum absolute atomic E-state index is 14.2. The number of carbonyl (C=O) groups is 5. The predicted molar refractivity (Wildman–Crippen MR) is 234 cm³/mol. The molecule has 4 aliphatic rings. The van der Waals surface area contributed by atoms with E-state index in [0.29, 0.717) is 63.4 Å². The van der Waals surface area contributed by atoms with Gasteiger partial charge in [0, 0.05) is 37.1 Å². The van der Waals surface area contributed by atoms with Gasteiger partial charge in [-0.25, -0.2) is 4.79 Å². The SMILES string of the molecule is C/C1=C\[C@@H](C)C(=O)C[C@@H]([C@H](C)C[C@@H]2CC[C@@H](O)[C@H](O)C2)OC(=O)[C@@H]2CCCCN2C(=O)C(=O)[C@]2(O)O[C@@H](CC[C@H]2C)C[C@H](O)/C(C)=C/C=C/C=C/[C@@H](C)C[C@@H](C)C(=O)[C@H](N=O)[C@@H]1O. The van der Waals surface area contributed by atoms with Crippen LogP contribution in [0.1, 0.15) is 126 Å². The fraction of sp³-hybridized carbons (Fsp3) is 0.729. The molecule has 0 aromatic heterocycles. The van der Waals surface area contributed by atoms with Gasteiger partial charge in [-0.1, -0.05) is 76.3 Å². The second-order valence-electron chi connectivity index (χ2n) is 19.1. The van der Waals surface area contributed by atoms with Gasteiger partial charge >= 0.3 is 5.97 Å². The molecule has 3 heterocycles. The quantitative estimate of drug-likeness (QED) is 0.108. The van der Waals surface area contributed by atoms with Crippen LogP contribution in [0.15, 0.2) is 52.8 Å². The summed E-state index contributed by atoms with van der Waals surface area (Å²) in [6.07, 6.45) is 8.03. The van der Waals surface area contributed by atoms with Gasteiger partial charge in [0.15, 0.2) is 11.8 Å². The van der Waals surface area contributed by atoms with Crippen molar-refractivity contribution in [3.63, 3.8) is 0 Å². The van der Waals surface area contributed by atoms with Crippen LogP contribution in [-0.2, 0) is 33.4 Å². The third-order valence-corrected chi connectivity index (χ3v) is 13.8. The van der Waals surface area contributed by atoms with Gasteiger partial charge < -0.3 is 39.9 Å². The monoisotopic (exact) mass is 885 g/mol. The minimum absolute atomic E-state index is 0.0331. The Hall–Kier alpha value is -3.73. The van der Waals surface area contributed by atoms with E-state index in [-0.39, 0.29) is 49.0 Å². The average molecular weight is 885 g/mol. The van der Waals surface area contributed by atoms with Crippen LogP contribution in [0, 0.1) is 40.4 Å². The number of esters is 1. The number of carbonyl (C=O) groups excluding carboxylic acids is 5. The molecule has 0 aromatic rings. The summed E-state index contributed by atoms with van der Waals surface area (Å²) in [6.45, 7) is 11.9. The highest BCUT2D eigenvalue weighted by Gasteiger charge is 2.53. The first-order valence-electron chi connectivity index (χ1n) is 22.9. The van der Waals surface area contributed by atoms with Gasteiger partial charge in [0.05, 0.1) is 24.4 Å². The molecular weight excluding hydrogens is 813 g/mol. The van der Waals surface area contributed by atoms with E-state index < -0.39 is 102 Å². The molecule has 15 atom stereocenters. The maximum atomic E-state index is 14.2. The highest BCUT2D eigenvalue weighted by atomic mass is 16.6. The Morgan fingerprint density at radius 1 is 0.857 bits per heavy atom. The lowest BCUT2D eigenvalue weighted by Crippen LogP contribution is -2.61. The van der Waals surface area contributed by atoms with Crippen molar-refractivity contribution in [2.24, 2.45) is 40.7 Å². The molecule has 1 aliphatic carbocycles. The van der Waals surface area contributed by atoms with Gasteiger partial charge in [-0.05, 0) is 107 Å². The fourth-order valence-electron chi connectivity index (χ4n) is 9.50. The van der Waals surface area contributed by atoms with Crippen molar-refractivity contribution in [1.29, 1.82) is 0 Å². The standard InChI is InChI=1S/C48H72N2O13/c1-27-13-9-8-10-14-28(2)38(52)25-35-18-16-33(7)48(60,63-35)45(57)46(58)50-20-12-11-15-36(50)47(59)62-41(30(4)23-34-17-19-37(51)40(54)24-34)26-39(53)29(3)22-32(6)44(56)42(49-61)43(55)31(5)21-27/h8-10,13-14,22,27,29-31,33-38,40-42,44,51-52,54,56,60H,11-12,15-21,23-26H2,1-7H3/b10-8+,13-9+,28-14+,32-22+/t27-,29-,30-,31-,33-,34+,35+,36+,37-,38+,40-,41+,42+,44-,48-/m1/s1. The molecule has 3 fully saturated rings. The van der Waals surface area contributed by atoms with E-state index in [0.717, 1.165) is 4.90 Å². The van der Waals surface area contributed by atoms with Gasteiger partial charge in [0.1, 0.15) is 24.0 Å². The minimum Gasteiger partial charge on any atom is -0.460 e. The second-order valence-corrected chi connectivity index (χ2v) is 19.1. The van der Waals surface area contributed by atoms with Crippen LogP contribution in [0.2, 0.25) is 0 Å². The molecule has 0 radical (unpaired) electrons. The smallest absolute Gasteiger partial charge is 0.329 e. The van der Waals surface area contributed by atoms with Crippen molar-refractivity contribution in [3.8, 4) is 0 Å². The Kier molecular flexibility index (Phi) is 19.3. The highest BCUT2D eigenvalue weighted by molar-refractivity contribution is 6.39. The molecule has 5 N–H and O–H groups in total. The number of fused-ring (bicyclic) bond motifs is 3. The molecule has 63 heavy (non-hydrogen) atoms. The van der Waals surface area contributed by atoms with Gasteiger partial charge in [0.2, 0.25) is 5.79 Å². The fourth-order valence-corrected chi connectivity index (χ4v) is 9.50. The summed E-state index contributed by atoms with van der Waals surface area (Å²) in [4.78, 5) is 82.9. The van der Waals surface area contributed by atoms with Crippen molar-refractivity contribution >= 4 is 29.2 Å². The zero-order chi connectivity index (χ0) is 46.8. The highest BCUT2D eigenvalue weighted by Crippen LogP contribution is 2.37. The summed E-state index contributed by atoms with van der Waals surface area (Å²) in [5.74, 6) is -9.40. The number of Topliss-reactive ketones (excluding diaryl/α,β-unsaturated/α-hetero) is 3. The molecule has 1 amide bonds. The number of amides is 1. The van der Waals surface area contributed by atoms with Crippen molar-refractivity contribution in [1.82, 2.24) is 4.90 Å². The number of aliphatic hydroxyl groups excluding tert-OH is 4. The molecule has 4 rings (SSSR count). The molecule has 2 saturated heterocycles. The predicted octanol–water partition coefficient (Wildman–Crippen LogP) is 4.99. The molecule has 0 spiro atoms. The maximum Gasteiger partial charge on any atom is 0.329 e. The summed E-state index contributed by atoms with van der Waals surface area (Å²) in [5.41, 5.74) is 0.783. The number of piperidine rings is 1. The average Bonchev–Trinajstić information content (AvgIpc) is 3.24. The van der Waals surface area contributed by atoms with E-state index in [1.165, 1.54) is 13.0 Å². The number of aliphatic hydroxyl groups is 5. The summed E-state index contributed by atoms with van der Waals surface area (Å²) in [6, 6.07) is -2.81. The largest absolute Gasteiger partial charge is 0.460 e. The number of hydrogen-bond acceptors (Lipinski definition) is 14. The van der Waals surface area contributed by atoms with Crippen LogP contribution >= 0.6 is 0 Å². The Bertz CT molecular complexity index is 1760. The first-order chi connectivity index (χ1) is 29.7. The van der Waals surface area contributed by atoms with Gasteiger partial charge in [-0.2, -0.15) is 0 Å². The Balaban J connectivity index is 1.69.